The van der Waals surface area contributed by atoms with Crippen LogP contribution in [0.15, 0.2) is 18.2 Å². The van der Waals surface area contributed by atoms with Gasteiger partial charge in [-0.05, 0) is 37.5 Å². The molecule has 5 heteroatoms. The summed E-state index contributed by atoms with van der Waals surface area (Å²) in [4.78, 5) is 35.0. The smallest absolute Gasteiger partial charge is 0.239 e. The van der Waals surface area contributed by atoms with Gasteiger partial charge in [0.15, 0.2) is 5.78 Å². The van der Waals surface area contributed by atoms with Crippen molar-refractivity contribution in [1.82, 2.24) is 10.6 Å². The zero-order chi connectivity index (χ0) is 16.5. The molecule has 1 rings (SSSR count). The Labute approximate surface area is 131 Å². The first-order valence-corrected chi connectivity index (χ1v) is 7.58. The van der Waals surface area contributed by atoms with E-state index in [2.05, 4.69) is 10.6 Å². The molecular weight excluding hydrogens is 280 g/mol. The highest BCUT2D eigenvalue weighted by Gasteiger charge is 2.11. The minimum atomic E-state index is -0.288. The molecule has 1 aromatic rings. The van der Waals surface area contributed by atoms with Gasteiger partial charge in [-0.2, -0.15) is 0 Å². The van der Waals surface area contributed by atoms with Crippen LogP contribution in [-0.2, 0) is 9.59 Å². The van der Waals surface area contributed by atoms with Crippen LogP contribution in [0.4, 0.5) is 0 Å². The Morgan fingerprint density at radius 1 is 0.955 bits per heavy atom. The van der Waals surface area contributed by atoms with Gasteiger partial charge in [0, 0.05) is 24.9 Å². The second-order valence-corrected chi connectivity index (χ2v) is 5.35. The second kappa shape index (κ2) is 8.97. The molecule has 2 amide bonds. The Kier molecular flexibility index (Phi) is 7.29. The number of benzene rings is 1. The molecule has 0 saturated heterocycles. The minimum Gasteiger partial charge on any atom is -0.355 e. The number of rotatable bonds is 8. The van der Waals surface area contributed by atoms with E-state index < -0.39 is 0 Å². The first-order valence-electron chi connectivity index (χ1n) is 7.58. The fraction of sp³-hybridized carbons (Fsp3) is 0.471. The largest absolute Gasteiger partial charge is 0.355 e. The SMILES string of the molecule is CCCNC(=O)CNC(=O)CCC(=O)c1ccc(C)c(C)c1. The Hall–Kier alpha value is -2.17. The zero-order valence-electron chi connectivity index (χ0n) is 13.5. The van der Waals surface area contributed by atoms with E-state index in [1.807, 2.05) is 32.9 Å². The average Bonchev–Trinajstić information content (AvgIpc) is 2.51. The maximum Gasteiger partial charge on any atom is 0.239 e. The third-order valence-corrected chi connectivity index (χ3v) is 3.43. The van der Waals surface area contributed by atoms with E-state index in [0.29, 0.717) is 12.1 Å². The summed E-state index contributed by atoms with van der Waals surface area (Å²) in [5.74, 6) is -0.562. The fourth-order valence-electron chi connectivity index (χ4n) is 1.88. The summed E-state index contributed by atoms with van der Waals surface area (Å²) in [6, 6.07) is 5.52. The van der Waals surface area contributed by atoms with E-state index in [0.717, 1.165) is 17.5 Å². The fourth-order valence-corrected chi connectivity index (χ4v) is 1.88. The van der Waals surface area contributed by atoms with Crippen molar-refractivity contribution in [2.45, 2.75) is 40.0 Å². The van der Waals surface area contributed by atoms with Gasteiger partial charge in [0.05, 0.1) is 6.54 Å². The molecule has 5 nitrogen and oxygen atoms in total. The predicted octanol–water partition coefficient (Wildman–Crippen LogP) is 1.91. The molecule has 0 atom stereocenters. The van der Waals surface area contributed by atoms with Gasteiger partial charge in [-0.25, -0.2) is 0 Å². The van der Waals surface area contributed by atoms with E-state index in [1.165, 1.54) is 0 Å². The Balaban J connectivity index is 2.35. The summed E-state index contributed by atoms with van der Waals surface area (Å²) in [5, 5.41) is 5.18. The Morgan fingerprint density at radius 2 is 1.68 bits per heavy atom. The molecule has 0 bridgehead atoms. The highest BCUT2D eigenvalue weighted by atomic mass is 16.2. The number of hydrogen-bond donors (Lipinski definition) is 2. The monoisotopic (exact) mass is 304 g/mol. The first-order chi connectivity index (χ1) is 10.4. The number of Topliss-reactive ketones (excluding diaryl/α,β-unsaturated/α-hetero) is 1. The lowest BCUT2D eigenvalue weighted by molar-refractivity contribution is -0.126. The molecule has 0 fully saturated rings. The van der Waals surface area contributed by atoms with Crippen molar-refractivity contribution >= 4 is 17.6 Å². The summed E-state index contributed by atoms with van der Waals surface area (Å²) in [5.41, 5.74) is 2.81. The van der Waals surface area contributed by atoms with Crippen LogP contribution in [0.25, 0.3) is 0 Å². The number of carbonyl (C=O) groups excluding carboxylic acids is 3. The predicted molar refractivity (Wildman–Crippen MR) is 85.8 cm³/mol. The number of carbonyl (C=O) groups is 3. The molecular formula is C17H24N2O3. The van der Waals surface area contributed by atoms with Crippen molar-refractivity contribution in [3.8, 4) is 0 Å². The summed E-state index contributed by atoms with van der Waals surface area (Å²) < 4.78 is 0. The highest BCUT2D eigenvalue weighted by molar-refractivity contribution is 5.98. The van der Waals surface area contributed by atoms with Crippen molar-refractivity contribution < 1.29 is 14.4 Å². The summed E-state index contributed by atoms with van der Waals surface area (Å²) >= 11 is 0. The lowest BCUT2D eigenvalue weighted by Crippen LogP contribution is -2.37. The molecule has 2 N–H and O–H groups in total. The van der Waals surface area contributed by atoms with E-state index in [1.54, 1.807) is 6.07 Å². The van der Waals surface area contributed by atoms with Gasteiger partial charge < -0.3 is 10.6 Å². The van der Waals surface area contributed by atoms with E-state index in [9.17, 15) is 14.4 Å². The maximum absolute atomic E-state index is 12.0. The third kappa shape index (κ3) is 6.08. The van der Waals surface area contributed by atoms with Gasteiger partial charge in [-0.1, -0.05) is 19.1 Å². The molecule has 0 aromatic heterocycles. The van der Waals surface area contributed by atoms with Crippen molar-refractivity contribution in [3.05, 3.63) is 34.9 Å². The molecule has 0 unspecified atom stereocenters. The maximum atomic E-state index is 12.0. The molecule has 120 valence electrons. The Bertz CT molecular complexity index is 553. The van der Waals surface area contributed by atoms with E-state index in [4.69, 9.17) is 0 Å². The van der Waals surface area contributed by atoms with Crippen LogP contribution in [0.5, 0.6) is 0 Å². The van der Waals surface area contributed by atoms with Gasteiger partial charge in [-0.3, -0.25) is 14.4 Å². The first kappa shape index (κ1) is 17.9. The zero-order valence-corrected chi connectivity index (χ0v) is 13.5. The summed E-state index contributed by atoms with van der Waals surface area (Å²) in [6.45, 7) is 6.45. The van der Waals surface area contributed by atoms with Gasteiger partial charge in [0.25, 0.3) is 0 Å². The number of amides is 2. The van der Waals surface area contributed by atoms with E-state index in [-0.39, 0.29) is 37.0 Å². The lowest BCUT2D eigenvalue weighted by Gasteiger charge is -2.07. The van der Waals surface area contributed by atoms with Gasteiger partial charge in [0.1, 0.15) is 0 Å². The van der Waals surface area contributed by atoms with Crippen molar-refractivity contribution in [3.63, 3.8) is 0 Å². The van der Waals surface area contributed by atoms with Crippen molar-refractivity contribution in [2.75, 3.05) is 13.1 Å². The van der Waals surface area contributed by atoms with Crippen LogP contribution in [0.2, 0.25) is 0 Å². The van der Waals surface area contributed by atoms with Crippen molar-refractivity contribution in [2.24, 2.45) is 0 Å². The topological polar surface area (TPSA) is 75.3 Å². The summed E-state index contributed by atoms with van der Waals surface area (Å²) in [7, 11) is 0. The highest BCUT2D eigenvalue weighted by Crippen LogP contribution is 2.12. The normalized spacial score (nSPS) is 10.1. The molecule has 0 aliphatic heterocycles. The molecule has 0 aliphatic carbocycles. The van der Waals surface area contributed by atoms with Crippen LogP contribution in [0.1, 0.15) is 47.7 Å². The quantitative estimate of drug-likeness (QED) is 0.720. The van der Waals surface area contributed by atoms with Gasteiger partial charge >= 0.3 is 0 Å². The standard InChI is InChI=1S/C17H24N2O3/c1-4-9-18-17(22)11-19-16(21)8-7-15(20)14-6-5-12(2)13(3)10-14/h5-6,10H,4,7-9,11H2,1-3H3,(H,18,22)(H,19,21). The molecule has 0 radical (unpaired) electrons. The Morgan fingerprint density at radius 3 is 2.32 bits per heavy atom. The molecule has 0 saturated carbocycles. The van der Waals surface area contributed by atoms with Gasteiger partial charge in [-0.15, -0.1) is 0 Å². The number of ketones is 1. The molecule has 0 aliphatic rings. The van der Waals surface area contributed by atoms with Crippen LogP contribution in [-0.4, -0.2) is 30.7 Å². The van der Waals surface area contributed by atoms with Crippen LogP contribution >= 0.6 is 0 Å². The molecule has 0 heterocycles. The number of hydrogen-bond acceptors (Lipinski definition) is 3. The second-order valence-electron chi connectivity index (χ2n) is 5.35. The van der Waals surface area contributed by atoms with Crippen LogP contribution < -0.4 is 10.6 Å². The number of nitrogens with one attached hydrogen (secondary N) is 2. The number of aryl methyl sites for hydroxylation is 2. The van der Waals surface area contributed by atoms with E-state index >= 15 is 0 Å². The van der Waals surface area contributed by atoms with Crippen molar-refractivity contribution in [1.29, 1.82) is 0 Å². The molecule has 22 heavy (non-hydrogen) atoms. The average molecular weight is 304 g/mol. The third-order valence-electron chi connectivity index (χ3n) is 3.43. The summed E-state index contributed by atoms with van der Waals surface area (Å²) in [6.07, 6.45) is 1.09. The van der Waals surface area contributed by atoms with Crippen LogP contribution in [0, 0.1) is 13.8 Å². The molecule has 0 spiro atoms. The van der Waals surface area contributed by atoms with Crippen LogP contribution in [0.3, 0.4) is 0 Å². The molecule has 1 aromatic carbocycles. The minimum absolute atomic E-state index is 0.0450. The van der Waals surface area contributed by atoms with Gasteiger partial charge in [0.2, 0.25) is 11.8 Å². The lowest BCUT2D eigenvalue weighted by atomic mass is 10.0.